The molecule has 2 aromatic carbocycles. The maximum atomic E-state index is 12.3. The first-order chi connectivity index (χ1) is 11.5. The maximum Gasteiger partial charge on any atom is 0.251 e. The van der Waals surface area contributed by atoms with E-state index in [4.69, 9.17) is 11.6 Å². The van der Waals surface area contributed by atoms with Crippen molar-refractivity contribution in [3.63, 3.8) is 0 Å². The molecule has 0 spiro atoms. The quantitative estimate of drug-likeness (QED) is 0.907. The van der Waals surface area contributed by atoms with E-state index >= 15 is 0 Å². The molecule has 7 heteroatoms. The highest BCUT2D eigenvalue weighted by Gasteiger charge is 2.28. The van der Waals surface area contributed by atoms with Gasteiger partial charge in [0.25, 0.3) is 5.91 Å². The van der Waals surface area contributed by atoms with Crippen molar-refractivity contribution in [2.75, 3.05) is 16.6 Å². The second kappa shape index (κ2) is 6.83. The van der Waals surface area contributed by atoms with E-state index in [-0.39, 0.29) is 11.7 Å². The SMILES string of the molecule is O=C(NCc1cccc(Cl)c1)c1cccc(N2CCCS2(=O)=O)c1. The molecule has 1 saturated heterocycles. The van der Waals surface area contributed by atoms with E-state index in [2.05, 4.69) is 5.32 Å². The minimum absolute atomic E-state index is 0.151. The van der Waals surface area contributed by atoms with Gasteiger partial charge in [0.15, 0.2) is 0 Å². The van der Waals surface area contributed by atoms with Crippen LogP contribution >= 0.6 is 11.6 Å². The largest absolute Gasteiger partial charge is 0.348 e. The Labute approximate surface area is 146 Å². The molecule has 2 aromatic rings. The van der Waals surface area contributed by atoms with Crippen LogP contribution in [0.3, 0.4) is 0 Å². The molecule has 1 aliphatic heterocycles. The molecule has 126 valence electrons. The summed E-state index contributed by atoms with van der Waals surface area (Å²) in [5.41, 5.74) is 1.86. The molecule has 1 N–H and O–H groups in total. The summed E-state index contributed by atoms with van der Waals surface area (Å²) in [4.78, 5) is 12.3. The average molecular weight is 365 g/mol. The van der Waals surface area contributed by atoms with Crippen molar-refractivity contribution in [3.05, 3.63) is 64.7 Å². The Morgan fingerprint density at radius 3 is 2.67 bits per heavy atom. The molecule has 0 aromatic heterocycles. The predicted octanol–water partition coefficient (Wildman–Crippen LogP) is 2.81. The van der Waals surface area contributed by atoms with Crippen molar-refractivity contribution in [1.29, 1.82) is 0 Å². The third-order valence-electron chi connectivity index (χ3n) is 3.84. The van der Waals surface area contributed by atoms with Gasteiger partial charge in [-0.1, -0.05) is 29.8 Å². The number of carbonyl (C=O) groups is 1. The number of nitrogens with one attached hydrogen (secondary N) is 1. The van der Waals surface area contributed by atoms with E-state index in [1.165, 1.54) is 4.31 Å². The number of anilines is 1. The van der Waals surface area contributed by atoms with Crippen LogP contribution in [0.25, 0.3) is 0 Å². The first kappa shape index (κ1) is 16.8. The fourth-order valence-corrected chi connectivity index (χ4v) is 4.43. The molecule has 5 nitrogen and oxygen atoms in total. The zero-order valence-corrected chi connectivity index (χ0v) is 14.5. The van der Waals surface area contributed by atoms with Gasteiger partial charge in [0.05, 0.1) is 11.4 Å². The normalized spacial score (nSPS) is 16.1. The van der Waals surface area contributed by atoms with E-state index < -0.39 is 10.0 Å². The van der Waals surface area contributed by atoms with Crippen LogP contribution in [0.15, 0.2) is 48.5 Å². The highest BCUT2D eigenvalue weighted by Crippen LogP contribution is 2.24. The lowest BCUT2D eigenvalue weighted by molar-refractivity contribution is 0.0951. The molecule has 1 fully saturated rings. The average Bonchev–Trinajstić information content (AvgIpc) is 2.92. The number of rotatable bonds is 4. The molecule has 0 radical (unpaired) electrons. The van der Waals surface area contributed by atoms with Gasteiger partial charge in [0.2, 0.25) is 10.0 Å². The molecule has 1 heterocycles. The Kier molecular flexibility index (Phi) is 4.78. The maximum absolute atomic E-state index is 12.3. The van der Waals surface area contributed by atoms with Crippen molar-refractivity contribution >= 4 is 33.2 Å². The number of benzene rings is 2. The van der Waals surface area contributed by atoms with Gasteiger partial charge in [-0.2, -0.15) is 0 Å². The van der Waals surface area contributed by atoms with Crippen LogP contribution in [-0.2, 0) is 16.6 Å². The van der Waals surface area contributed by atoms with E-state index in [1.54, 1.807) is 36.4 Å². The first-order valence-electron chi connectivity index (χ1n) is 7.59. The van der Waals surface area contributed by atoms with Crippen molar-refractivity contribution in [2.45, 2.75) is 13.0 Å². The molecule has 1 amide bonds. The summed E-state index contributed by atoms with van der Waals surface area (Å²) >= 11 is 5.92. The van der Waals surface area contributed by atoms with Crippen LogP contribution in [0.5, 0.6) is 0 Å². The monoisotopic (exact) mass is 364 g/mol. The van der Waals surface area contributed by atoms with Gasteiger partial charge in [-0.3, -0.25) is 9.10 Å². The highest BCUT2D eigenvalue weighted by atomic mass is 35.5. The first-order valence-corrected chi connectivity index (χ1v) is 9.57. The third kappa shape index (κ3) is 3.71. The standard InChI is InChI=1S/C17H17ClN2O3S/c18-15-6-1-4-13(10-15)12-19-17(21)14-5-2-7-16(11-14)20-8-3-9-24(20,22)23/h1-2,4-7,10-11H,3,8-9,12H2,(H,19,21). The Balaban J connectivity index is 1.73. The fourth-order valence-electron chi connectivity index (χ4n) is 2.66. The number of carbonyl (C=O) groups excluding carboxylic acids is 1. The number of sulfonamides is 1. The Morgan fingerprint density at radius 2 is 1.96 bits per heavy atom. The minimum Gasteiger partial charge on any atom is -0.348 e. The second-order valence-electron chi connectivity index (χ2n) is 5.60. The van der Waals surface area contributed by atoms with E-state index in [0.29, 0.717) is 35.8 Å². The van der Waals surface area contributed by atoms with Gasteiger partial charge in [-0.15, -0.1) is 0 Å². The smallest absolute Gasteiger partial charge is 0.251 e. The Morgan fingerprint density at radius 1 is 1.17 bits per heavy atom. The van der Waals surface area contributed by atoms with Crippen LogP contribution in [0.4, 0.5) is 5.69 Å². The topological polar surface area (TPSA) is 66.5 Å². The number of hydrogen-bond acceptors (Lipinski definition) is 3. The zero-order chi connectivity index (χ0) is 17.2. The van der Waals surface area contributed by atoms with Gasteiger partial charge < -0.3 is 5.32 Å². The molecular weight excluding hydrogens is 348 g/mol. The number of amides is 1. The molecule has 1 aliphatic rings. The summed E-state index contributed by atoms with van der Waals surface area (Å²) in [5.74, 6) is -0.105. The van der Waals surface area contributed by atoms with Gasteiger partial charge in [-0.25, -0.2) is 8.42 Å². The zero-order valence-electron chi connectivity index (χ0n) is 12.9. The fraction of sp³-hybridized carbons (Fsp3) is 0.235. The van der Waals surface area contributed by atoms with E-state index in [1.807, 2.05) is 12.1 Å². The molecule has 0 saturated carbocycles. The molecule has 0 unspecified atom stereocenters. The summed E-state index contributed by atoms with van der Waals surface area (Å²) in [5, 5.41) is 3.43. The molecule has 3 rings (SSSR count). The van der Waals surface area contributed by atoms with Crippen molar-refractivity contribution in [2.24, 2.45) is 0 Å². The molecule has 0 aliphatic carbocycles. The minimum atomic E-state index is -3.26. The third-order valence-corrected chi connectivity index (χ3v) is 5.94. The molecule has 0 bridgehead atoms. The molecule has 0 atom stereocenters. The van der Waals surface area contributed by atoms with Crippen LogP contribution in [0.1, 0.15) is 22.3 Å². The molecular formula is C17H17ClN2O3S. The lowest BCUT2D eigenvalue weighted by Crippen LogP contribution is -2.26. The highest BCUT2D eigenvalue weighted by molar-refractivity contribution is 7.93. The lowest BCUT2D eigenvalue weighted by atomic mass is 10.1. The Bertz CT molecular complexity index is 868. The number of hydrogen-bond donors (Lipinski definition) is 1. The van der Waals surface area contributed by atoms with Crippen molar-refractivity contribution < 1.29 is 13.2 Å². The van der Waals surface area contributed by atoms with Gasteiger partial charge in [0, 0.05) is 23.7 Å². The van der Waals surface area contributed by atoms with Gasteiger partial charge in [-0.05, 0) is 42.3 Å². The van der Waals surface area contributed by atoms with Gasteiger partial charge >= 0.3 is 0 Å². The summed E-state index contributed by atoms with van der Waals surface area (Å²) in [6.45, 7) is 0.807. The number of nitrogens with zero attached hydrogens (tertiary/aromatic N) is 1. The van der Waals surface area contributed by atoms with Crippen LogP contribution in [0, 0.1) is 0 Å². The predicted molar refractivity (Wildman–Crippen MR) is 94.8 cm³/mol. The molecule has 24 heavy (non-hydrogen) atoms. The van der Waals surface area contributed by atoms with E-state index in [9.17, 15) is 13.2 Å². The number of halogens is 1. The van der Waals surface area contributed by atoms with Crippen molar-refractivity contribution in [1.82, 2.24) is 5.32 Å². The Hall–Kier alpha value is -2.05. The lowest BCUT2D eigenvalue weighted by Gasteiger charge is -2.17. The van der Waals surface area contributed by atoms with Crippen LogP contribution in [0.2, 0.25) is 5.02 Å². The van der Waals surface area contributed by atoms with Crippen LogP contribution in [-0.4, -0.2) is 26.6 Å². The summed E-state index contributed by atoms with van der Waals surface area (Å²) < 4.78 is 25.4. The summed E-state index contributed by atoms with van der Waals surface area (Å²) in [6.07, 6.45) is 0.605. The van der Waals surface area contributed by atoms with Gasteiger partial charge in [0.1, 0.15) is 0 Å². The second-order valence-corrected chi connectivity index (χ2v) is 8.05. The van der Waals surface area contributed by atoms with E-state index in [0.717, 1.165) is 5.56 Å². The van der Waals surface area contributed by atoms with Crippen LogP contribution < -0.4 is 9.62 Å². The summed E-state index contributed by atoms with van der Waals surface area (Å²) in [7, 11) is -3.26. The summed E-state index contributed by atoms with van der Waals surface area (Å²) in [6, 6.07) is 13.9. The van der Waals surface area contributed by atoms with Crippen molar-refractivity contribution in [3.8, 4) is 0 Å².